The van der Waals surface area contributed by atoms with Gasteiger partial charge in [0.1, 0.15) is 5.82 Å². The number of nitrogens with one attached hydrogen (secondary N) is 1. The van der Waals surface area contributed by atoms with Gasteiger partial charge in [0.2, 0.25) is 5.91 Å². The van der Waals surface area contributed by atoms with Crippen molar-refractivity contribution in [2.45, 2.75) is 12.5 Å². The highest BCUT2D eigenvalue weighted by atomic mass is 35.5. The Morgan fingerprint density at radius 3 is 2.33 bits per heavy atom. The van der Waals surface area contributed by atoms with Gasteiger partial charge in [0.05, 0.1) is 38.3 Å². The number of hydrogen-bond acceptors (Lipinski definition) is 3. The van der Waals surface area contributed by atoms with Crippen LogP contribution in [0.25, 0.3) is 0 Å². The Morgan fingerprint density at radius 1 is 1.00 bits per heavy atom. The first-order valence-corrected chi connectivity index (χ1v) is 9.39. The Morgan fingerprint density at radius 2 is 1.67 bits per heavy atom. The van der Waals surface area contributed by atoms with Crippen LogP contribution in [0.5, 0.6) is 0 Å². The number of quaternary nitrogens is 1. The van der Waals surface area contributed by atoms with Crippen molar-refractivity contribution in [1.29, 1.82) is 0 Å². The lowest BCUT2D eigenvalue weighted by atomic mass is 10.1. The van der Waals surface area contributed by atoms with E-state index in [-0.39, 0.29) is 23.9 Å². The summed E-state index contributed by atoms with van der Waals surface area (Å²) in [5, 5.41) is 0.700. The number of amides is 2. The minimum Gasteiger partial charge on any atom is -0.360 e. The Labute approximate surface area is 161 Å². The van der Waals surface area contributed by atoms with Gasteiger partial charge in [0, 0.05) is 10.7 Å². The molecule has 140 valence electrons. The molecule has 0 saturated carbocycles. The Hall–Kier alpha value is -2.44. The van der Waals surface area contributed by atoms with Crippen LogP contribution in [0.15, 0.2) is 48.5 Å². The highest BCUT2D eigenvalue weighted by Crippen LogP contribution is 2.25. The lowest BCUT2D eigenvalue weighted by Crippen LogP contribution is -3.19. The molecule has 0 aliphatic carbocycles. The molecule has 2 saturated heterocycles. The van der Waals surface area contributed by atoms with Crippen LogP contribution in [0.1, 0.15) is 6.42 Å². The number of piperazine rings is 1. The highest BCUT2D eigenvalue weighted by Gasteiger charge is 2.47. The standard InChI is InChI=1S/C20H19ClFN3O2/c21-14-5-7-15(8-6-14)23-9-11-24(12-10-23)18-13-19(26)25(20(18)27)17-4-2-1-3-16(17)22/h1-8,18H,9-13H2/p+1/t18-/m0/s1. The lowest BCUT2D eigenvalue weighted by molar-refractivity contribution is -0.915. The minimum atomic E-state index is -0.553. The minimum absolute atomic E-state index is 0.0502. The molecule has 7 heteroatoms. The third-order valence-electron chi connectivity index (χ3n) is 5.33. The lowest BCUT2D eigenvalue weighted by Gasteiger charge is -2.35. The van der Waals surface area contributed by atoms with Crippen LogP contribution < -0.4 is 14.7 Å². The van der Waals surface area contributed by atoms with Gasteiger partial charge in [-0.2, -0.15) is 0 Å². The number of rotatable bonds is 3. The molecule has 2 fully saturated rings. The highest BCUT2D eigenvalue weighted by molar-refractivity contribution is 6.30. The second kappa shape index (κ2) is 7.29. The SMILES string of the molecule is O=C1C[C@H]([NH+]2CCN(c3ccc(Cl)cc3)CC2)C(=O)N1c1ccccc1F. The average Bonchev–Trinajstić information content (AvgIpc) is 2.97. The van der Waals surface area contributed by atoms with Gasteiger partial charge in [-0.15, -0.1) is 0 Å². The third kappa shape index (κ3) is 3.42. The number of benzene rings is 2. The van der Waals surface area contributed by atoms with E-state index in [2.05, 4.69) is 4.90 Å². The molecule has 2 aliphatic rings. The monoisotopic (exact) mass is 388 g/mol. The summed E-state index contributed by atoms with van der Waals surface area (Å²) in [6.45, 7) is 3.07. The van der Waals surface area contributed by atoms with Gasteiger partial charge in [-0.1, -0.05) is 23.7 Å². The molecule has 2 heterocycles. The second-order valence-electron chi connectivity index (χ2n) is 6.90. The van der Waals surface area contributed by atoms with Crippen LogP contribution in [0, 0.1) is 5.82 Å². The van der Waals surface area contributed by atoms with Crippen molar-refractivity contribution < 1.29 is 18.9 Å². The Bertz CT molecular complexity index is 866. The van der Waals surface area contributed by atoms with Gasteiger partial charge in [0.25, 0.3) is 5.91 Å². The van der Waals surface area contributed by atoms with Crippen molar-refractivity contribution in [2.24, 2.45) is 0 Å². The fourth-order valence-electron chi connectivity index (χ4n) is 3.89. The maximum Gasteiger partial charge on any atom is 0.292 e. The average molecular weight is 389 g/mol. The van der Waals surface area contributed by atoms with E-state index in [1.165, 1.54) is 12.1 Å². The topological polar surface area (TPSA) is 45.1 Å². The molecule has 0 bridgehead atoms. The molecular formula is C20H20ClFN3O2+. The summed E-state index contributed by atoms with van der Waals surface area (Å²) in [4.78, 5) is 29.6. The van der Waals surface area contributed by atoms with Gasteiger partial charge >= 0.3 is 0 Å². The molecule has 0 radical (unpaired) electrons. The molecule has 1 N–H and O–H groups in total. The summed E-state index contributed by atoms with van der Waals surface area (Å²) in [5.41, 5.74) is 1.15. The first-order valence-electron chi connectivity index (χ1n) is 9.01. The molecule has 2 aromatic carbocycles. The van der Waals surface area contributed by atoms with Gasteiger partial charge in [-0.25, -0.2) is 9.29 Å². The van der Waals surface area contributed by atoms with E-state index in [9.17, 15) is 14.0 Å². The van der Waals surface area contributed by atoms with Gasteiger partial charge in [-0.3, -0.25) is 9.59 Å². The number of nitrogens with zero attached hydrogens (tertiary/aromatic N) is 2. The predicted molar refractivity (Wildman–Crippen MR) is 102 cm³/mol. The summed E-state index contributed by atoms with van der Waals surface area (Å²) in [5.74, 6) is -1.19. The Balaban J connectivity index is 1.45. The van der Waals surface area contributed by atoms with E-state index < -0.39 is 11.9 Å². The molecule has 5 nitrogen and oxygen atoms in total. The number of para-hydroxylation sites is 1. The number of imide groups is 1. The number of anilines is 2. The van der Waals surface area contributed by atoms with Crippen LogP contribution in [0.3, 0.4) is 0 Å². The maximum absolute atomic E-state index is 14.1. The van der Waals surface area contributed by atoms with E-state index in [1.54, 1.807) is 12.1 Å². The number of halogens is 2. The number of carbonyl (C=O) groups is 2. The van der Waals surface area contributed by atoms with E-state index in [0.717, 1.165) is 41.7 Å². The molecule has 0 spiro atoms. The summed E-state index contributed by atoms with van der Waals surface area (Å²) >= 11 is 5.94. The molecular weight excluding hydrogens is 369 g/mol. The van der Waals surface area contributed by atoms with Crippen molar-refractivity contribution in [3.05, 3.63) is 59.4 Å². The number of carbonyl (C=O) groups excluding carboxylic acids is 2. The van der Waals surface area contributed by atoms with Crippen LogP contribution in [-0.2, 0) is 9.59 Å². The van der Waals surface area contributed by atoms with Crippen LogP contribution in [-0.4, -0.2) is 44.0 Å². The molecule has 0 aromatic heterocycles. The predicted octanol–water partition coefficient (Wildman–Crippen LogP) is 1.52. The Kier molecular flexibility index (Phi) is 4.85. The first-order chi connectivity index (χ1) is 13.0. The van der Waals surface area contributed by atoms with Gasteiger partial charge in [0.15, 0.2) is 6.04 Å². The molecule has 2 aromatic rings. The third-order valence-corrected chi connectivity index (χ3v) is 5.58. The van der Waals surface area contributed by atoms with Gasteiger partial charge in [-0.05, 0) is 36.4 Å². The summed E-state index contributed by atoms with van der Waals surface area (Å²) in [6.07, 6.45) is 0.128. The summed E-state index contributed by atoms with van der Waals surface area (Å²) in [7, 11) is 0. The molecule has 27 heavy (non-hydrogen) atoms. The zero-order chi connectivity index (χ0) is 19.0. The normalized spacial score (nSPS) is 21.2. The van der Waals surface area contributed by atoms with Crippen molar-refractivity contribution in [3.63, 3.8) is 0 Å². The smallest absolute Gasteiger partial charge is 0.292 e. The molecule has 4 rings (SSSR count). The van der Waals surface area contributed by atoms with Crippen molar-refractivity contribution in [1.82, 2.24) is 0 Å². The molecule has 2 aliphatic heterocycles. The van der Waals surface area contributed by atoms with Crippen LogP contribution >= 0.6 is 11.6 Å². The zero-order valence-corrected chi connectivity index (χ0v) is 15.5. The molecule has 0 unspecified atom stereocenters. The van der Waals surface area contributed by atoms with Crippen molar-refractivity contribution >= 4 is 34.8 Å². The largest absolute Gasteiger partial charge is 0.360 e. The zero-order valence-electron chi connectivity index (χ0n) is 14.7. The van der Waals surface area contributed by atoms with Crippen molar-refractivity contribution in [3.8, 4) is 0 Å². The van der Waals surface area contributed by atoms with Crippen LogP contribution in [0.4, 0.5) is 15.8 Å². The number of hydrogen-bond donors (Lipinski definition) is 1. The first kappa shape index (κ1) is 17.9. The fraction of sp³-hybridized carbons (Fsp3) is 0.300. The molecule has 2 amide bonds. The van der Waals surface area contributed by atoms with E-state index in [1.807, 2.05) is 24.3 Å². The second-order valence-corrected chi connectivity index (χ2v) is 7.33. The quantitative estimate of drug-likeness (QED) is 0.811. The van der Waals surface area contributed by atoms with E-state index in [0.29, 0.717) is 5.02 Å². The molecule has 1 atom stereocenters. The van der Waals surface area contributed by atoms with Crippen LogP contribution in [0.2, 0.25) is 5.02 Å². The van der Waals surface area contributed by atoms with Gasteiger partial charge < -0.3 is 9.80 Å². The summed E-state index contributed by atoms with van der Waals surface area (Å²) < 4.78 is 14.1. The van der Waals surface area contributed by atoms with E-state index >= 15 is 0 Å². The van der Waals surface area contributed by atoms with E-state index in [4.69, 9.17) is 11.6 Å². The fourth-order valence-corrected chi connectivity index (χ4v) is 4.02. The summed E-state index contributed by atoms with van der Waals surface area (Å²) in [6, 6.07) is 13.2. The van der Waals surface area contributed by atoms with Crippen molar-refractivity contribution in [2.75, 3.05) is 36.0 Å². The maximum atomic E-state index is 14.1.